The minimum Gasteiger partial charge on any atom is -0.716 e. The largest absolute Gasteiger partial charge is 0.716 e. The Morgan fingerprint density at radius 2 is 1.67 bits per heavy atom. The second kappa shape index (κ2) is 6.96. The molecule has 0 spiro atoms. The van der Waals surface area contributed by atoms with Crippen molar-refractivity contribution < 1.29 is 34.5 Å². The quantitative estimate of drug-likeness (QED) is 0.263. The molecule has 0 N–H and O–H groups in total. The van der Waals surface area contributed by atoms with Gasteiger partial charge in [0.15, 0.2) is 4.87 Å². The van der Waals surface area contributed by atoms with Crippen molar-refractivity contribution in [2.45, 2.75) is 11.3 Å². The van der Waals surface area contributed by atoms with Crippen LogP contribution in [0.5, 0.6) is 0 Å². The summed E-state index contributed by atoms with van der Waals surface area (Å²) in [5.41, 5.74) is 0.876. The average molecular weight is 502 g/mol. The number of likely N-dealkylation sites (N-methyl/N-ethyl adjacent to an activating group) is 2. The fraction of sp³-hybridized carbons (Fsp3) is 0.308. The van der Waals surface area contributed by atoms with Gasteiger partial charge in [0.05, 0.1) is 0 Å². The van der Waals surface area contributed by atoms with Gasteiger partial charge in [-0.1, -0.05) is 30.3 Å². The number of rotatable bonds is 3. The second-order valence-electron chi connectivity index (χ2n) is 4.56. The molecule has 8 heteroatoms. The van der Waals surface area contributed by atoms with E-state index in [1.165, 1.54) is 14.1 Å². The van der Waals surface area contributed by atoms with Crippen LogP contribution in [-0.4, -0.2) is 46.5 Å². The molecule has 0 aromatic heterocycles. The first kappa shape index (κ1) is 18.2. The number of imide groups is 1. The predicted molar refractivity (Wildman–Crippen MR) is 78.4 cm³/mol. The maximum Gasteiger partial charge on any atom is 0.318 e. The SMILES string of the molecule is CN1C(=O)C(=O)N(C)C(Cc2ccccc2)(S[S-])C1=O.[Ir]. The van der Waals surface area contributed by atoms with Crippen molar-refractivity contribution in [2.75, 3.05) is 14.1 Å². The Kier molecular flexibility index (Phi) is 6.04. The van der Waals surface area contributed by atoms with Crippen LogP contribution in [0, 0.1) is 0 Å². The van der Waals surface area contributed by atoms with Crippen LogP contribution in [-0.2, 0) is 52.6 Å². The van der Waals surface area contributed by atoms with E-state index >= 15 is 0 Å². The van der Waals surface area contributed by atoms with E-state index in [9.17, 15) is 14.4 Å². The van der Waals surface area contributed by atoms with Crippen molar-refractivity contribution in [1.82, 2.24) is 9.80 Å². The molecule has 1 aromatic rings. The van der Waals surface area contributed by atoms with E-state index in [1.54, 1.807) is 0 Å². The predicted octanol–water partition coefficient (Wildman–Crippen LogP) is 0.575. The third kappa shape index (κ3) is 3.04. The van der Waals surface area contributed by atoms with Gasteiger partial charge in [-0.15, -0.1) is 0 Å². The minimum atomic E-state index is -1.25. The molecular formula is C13H13IrN2O3S2-. The molecule has 1 aliphatic rings. The number of benzene rings is 1. The molecule has 5 nitrogen and oxygen atoms in total. The number of hydrogen-bond donors (Lipinski definition) is 0. The summed E-state index contributed by atoms with van der Waals surface area (Å²) in [4.78, 5) is 36.9. The second-order valence-corrected chi connectivity index (χ2v) is 5.91. The first-order valence-corrected chi connectivity index (χ1v) is 7.63. The van der Waals surface area contributed by atoms with Gasteiger partial charge in [-0.25, -0.2) is 0 Å². The van der Waals surface area contributed by atoms with Crippen LogP contribution in [0.25, 0.3) is 0 Å². The molecule has 1 radical (unpaired) electrons. The molecule has 115 valence electrons. The van der Waals surface area contributed by atoms with Crippen LogP contribution in [0.4, 0.5) is 0 Å². The fourth-order valence-corrected chi connectivity index (χ4v) is 3.49. The molecule has 0 aliphatic carbocycles. The molecule has 1 fully saturated rings. The van der Waals surface area contributed by atoms with Gasteiger partial charge in [-0.3, -0.25) is 30.1 Å². The van der Waals surface area contributed by atoms with E-state index in [-0.39, 0.29) is 26.5 Å². The van der Waals surface area contributed by atoms with Gasteiger partial charge in [0.2, 0.25) is 0 Å². The Bertz CT molecular complexity index is 570. The third-order valence-corrected chi connectivity index (χ3v) is 5.09. The fourth-order valence-electron chi connectivity index (χ4n) is 2.14. The molecule has 0 bridgehead atoms. The van der Waals surface area contributed by atoms with Crippen LogP contribution in [0.2, 0.25) is 0 Å². The standard InChI is InChI=1S/C13H14N2O3S2.Ir/c1-14-10(16)11(17)15(2)13(20-19,12(14)18)8-9-6-4-3-5-7-9;/h3-7,19H,8H2,1-2H3;/p-1. The molecule has 2 rings (SSSR count). The molecular weight excluding hydrogens is 489 g/mol. The summed E-state index contributed by atoms with van der Waals surface area (Å²) < 4.78 is 0. The van der Waals surface area contributed by atoms with E-state index in [1.807, 2.05) is 30.3 Å². The van der Waals surface area contributed by atoms with Gasteiger partial charge in [0, 0.05) is 40.6 Å². The molecule has 1 heterocycles. The maximum absolute atomic E-state index is 12.5. The van der Waals surface area contributed by atoms with Crippen LogP contribution in [0.15, 0.2) is 30.3 Å². The molecule has 3 amide bonds. The Labute approximate surface area is 145 Å². The zero-order chi connectivity index (χ0) is 14.9. The molecule has 1 unspecified atom stereocenters. The van der Waals surface area contributed by atoms with Crippen molar-refractivity contribution in [1.29, 1.82) is 0 Å². The van der Waals surface area contributed by atoms with E-state index in [2.05, 4.69) is 0 Å². The Hall–Kier alpha value is -0.821. The smallest absolute Gasteiger partial charge is 0.318 e. The van der Waals surface area contributed by atoms with Gasteiger partial charge in [0.1, 0.15) is 0 Å². The van der Waals surface area contributed by atoms with E-state index in [4.69, 9.17) is 11.7 Å². The van der Waals surface area contributed by atoms with E-state index in [0.29, 0.717) is 0 Å². The number of amides is 3. The van der Waals surface area contributed by atoms with Crippen molar-refractivity contribution >= 4 is 40.2 Å². The summed E-state index contributed by atoms with van der Waals surface area (Å²) in [6.07, 6.45) is 0.265. The Morgan fingerprint density at radius 1 is 1.10 bits per heavy atom. The van der Waals surface area contributed by atoms with E-state index in [0.717, 1.165) is 26.2 Å². The van der Waals surface area contributed by atoms with Crippen molar-refractivity contribution in [3.05, 3.63) is 35.9 Å². The van der Waals surface area contributed by atoms with Crippen molar-refractivity contribution in [2.24, 2.45) is 0 Å². The normalized spacial score (nSPS) is 22.3. The summed E-state index contributed by atoms with van der Waals surface area (Å²) >= 11 is 5.05. The first-order chi connectivity index (χ1) is 9.44. The van der Waals surface area contributed by atoms with E-state index < -0.39 is 22.6 Å². The Morgan fingerprint density at radius 3 is 2.19 bits per heavy atom. The number of nitrogens with zero attached hydrogens (tertiary/aromatic N) is 2. The maximum atomic E-state index is 12.5. The molecule has 1 saturated heterocycles. The number of hydrogen-bond acceptors (Lipinski definition) is 5. The minimum absolute atomic E-state index is 0. The summed E-state index contributed by atoms with van der Waals surface area (Å²) in [5.74, 6) is -2.01. The van der Waals surface area contributed by atoms with Gasteiger partial charge in [-0.05, 0) is 5.56 Å². The number of piperazine rings is 1. The van der Waals surface area contributed by atoms with Crippen LogP contribution < -0.4 is 0 Å². The van der Waals surface area contributed by atoms with Gasteiger partial charge < -0.3 is 16.6 Å². The van der Waals surface area contributed by atoms with Gasteiger partial charge in [0.25, 0.3) is 5.91 Å². The summed E-state index contributed by atoms with van der Waals surface area (Å²) in [7, 11) is 3.60. The molecule has 1 aliphatic heterocycles. The Balaban J connectivity index is 0.00000220. The summed E-state index contributed by atoms with van der Waals surface area (Å²) in [5, 5.41) is 0. The average Bonchev–Trinajstić information content (AvgIpc) is 2.49. The molecule has 1 aromatic carbocycles. The van der Waals surface area contributed by atoms with Gasteiger partial charge in [-0.2, -0.15) is 0 Å². The monoisotopic (exact) mass is 502 g/mol. The summed E-state index contributed by atoms with van der Waals surface area (Å²) in [6.45, 7) is 0. The molecule has 0 saturated carbocycles. The number of carbonyl (C=O) groups excluding carboxylic acids is 3. The zero-order valence-corrected chi connectivity index (χ0v) is 15.4. The number of carbonyl (C=O) groups is 3. The van der Waals surface area contributed by atoms with Crippen molar-refractivity contribution in [3.8, 4) is 0 Å². The van der Waals surface area contributed by atoms with Crippen molar-refractivity contribution in [3.63, 3.8) is 0 Å². The van der Waals surface area contributed by atoms with Crippen LogP contribution in [0.1, 0.15) is 5.56 Å². The van der Waals surface area contributed by atoms with Gasteiger partial charge >= 0.3 is 11.8 Å². The molecule has 21 heavy (non-hydrogen) atoms. The van der Waals surface area contributed by atoms with Crippen LogP contribution >= 0.6 is 10.8 Å². The molecule has 1 atom stereocenters. The topological polar surface area (TPSA) is 57.7 Å². The zero-order valence-electron chi connectivity index (χ0n) is 11.4. The third-order valence-electron chi connectivity index (χ3n) is 3.40. The summed E-state index contributed by atoms with van der Waals surface area (Å²) in [6, 6.07) is 9.27. The first-order valence-electron chi connectivity index (χ1n) is 5.89. The van der Waals surface area contributed by atoms with Crippen LogP contribution in [0.3, 0.4) is 0 Å².